The molecule has 0 radical (unpaired) electrons. The van der Waals surface area contributed by atoms with Gasteiger partial charge in [0.05, 0.1) is 12.7 Å². The van der Waals surface area contributed by atoms with Crippen LogP contribution in [0.1, 0.15) is 30.4 Å². The van der Waals surface area contributed by atoms with Crippen LogP contribution < -0.4 is 15.0 Å². The molecule has 0 saturated carbocycles. The van der Waals surface area contributed by atoms with Crippen molar-refractivity contribution in [1.29, 1.82) is 0 Å². The molecule has 0 aliphatic carbocycles. The number of nitrogens with one attached hydrogen (secondary N) is 1. The lowest BCUT2D eigenvalue weighted by Gasteiger charge is -2.30. The third-order valence-electron chi connectivity index (χ3n) is 7.08. The molecule has 10 nitrogen and oxygen atoms in total. The van der Waals surface area contributed by atoms with Gasteiger partial charge in [0, 0.05) is 51.0 Å². The van der Waals surface area contributed by atoms with Gasteiger partial charge < -0.3 is 19.5 Å². The Morgan fingerprint density at radius 2 is 1.86 bits per heavy atom. The molecule has 2 aromatic heterocycles. The highest BCUT2D eigenvalue weighted by Gasteiger charge is 2.29. The summed E-state index contributed by atoms with van der Waals surface area (Å²) in [7, 11) is 1.52. The van der Waals surface area contributed by atoms with Crippen LogP contribution >= 0.6 is 0 Å². The van der Waals surface area contributed by atoms with Gasteiger partial charge >= 0.3 is 12.0 Å². The predicted molar refractivity (Wildman–Crippen MR) is 134 cm³/mol. The number of ether oxygens (including phenoxy) is 1. The summed E-state index contributed by atoms with van der Waals surface area (Å²) in [4.78, 5) is 30.0. The van der Waals surface area contributed by atoms with Crippen LogP contribution in [0.2, 0.25) is 0 Å². The van der Waals surface area contributed by atoms with E-state index in [-0.39, 0.29) is 17.8 Å². The molecule has 190 valence electrons. The van der Waals surface area contributed by atoms with E-state index < -0.39 is 0 Å². The van der Waals surface area contributed by atoms with E-state index in [4.69, 9.17) is 9.26 Å². The van der Waals surface area contributed by atoms with Crippen LogP contribution in [-0.4, -0.2) is 70.7 Å². The number of likely N-dealkylation sites (tertiary alicyclic amines) is 1. The number of carbonyl (C=O) groups is 1. The fourth-order valence-electron chi connectivity index (χ4n) is 4.90. The van der Waals surface area contributed by atoms with E-state index in [1.807, 2.05) is 4.90 Å². The second-order valence-corrected chi connectivity index (χ2v) is 9.74. The summed E-state index contributed by atoms with van der Waals surface area (Å²) in [6.07, 6.45) is 5.86. The monoisotopic (exact) mass is 491 g/mol. The molecular formula is C26H33N7O3. The number of aromatic nitrogens is 4. The molecule has 2 saturated heterocycles. The highest BCUT2D eigenvalue weighted by atomic mass is 16.5. The minimum absolute atomic E-state index is 0.0173. The number of piperidine rings is 1. The molecule has 1 aromatic carbocycles. The maximum absolute atomic E-state index is 12.8. The largest absolute Gasteiger partial charge is 0.467 e. The van der Waals surface area contributed by atoms with Crippen LogP contribution in [-0.2, 0) is 11.3 Å². The third kappa shape index (κ3) is 5.81. The molecule has 36 heavy (non-hydrogen) atoms. The number of benzene rings is 1. The Morgan fingerprint density at radius 3 is 2.58 bits per heavy atom. The van der Waals surface area contributed by atoms with Crippen molar-refractivity contribution in [3.05, 3.63) is 47.8 Å². The number of carbonyl (C=O) groups excluding carboxylic acids is 1. The first kappa shape index (κ1) is 24.2. The van der Waals surface area contributed by atoms with Crippen molar-refractivity contribution in [2.75, 3.05) is 44.7 Å². The SMILES string of the molecule is COc1ncc(-c2noc(N3CCC(C(=O)NCC4CCN(Cc5ccc(C)cc5)C4)CC3)n2)cn1. The molecule has 1 atom stereocenters. The van der Waals surface area contributed by atoms with Gasteiger partial charge in [0.25, 0.3) is 0 Å². The van der Waals surface area contributed by atoms with Gasteiger partial charge in [-0.15, -0.1) is 0 Å². The van der Waals surface area contributed by atoms with Gasteiger partial charge in [0.15, 0.2) is 0 Å². The molecule has 10 heteroatoms. The molecule has 4 heterocycles. The smallest absolute Gasteiger partial charge is 0.324 e. The summed E-state index contributed by atoms with van der Waals surface area (Å²) in [6, 6.07) is 9.50. The predicted octanol–water partition coefficient (Wildman–Crippen LogP) is 2.70. The van der Waals surface area contributed by atoms with Crippen molar-refractivity contribution in [3.8, 4) is 17.4 Å². The fraction of sp³-hybridized carbons (Fsp3) is 0.500. The number of methoxy groups -OCH3 is 1. The first-order chi connectivity index (χ1) is 17.6. The number of aryl methyl sites for hydroxylation is 1. The van der Waals surface area contributed by atoms with E-state index >= 15 is 0 Å². The van der Waals surface area contributed by atoms with E-state index in [2.05, 4.69) is 61.5 Å². The van der Waals surface area contributed by atoms with Crippen LogP contribution in [0.5, 0.6) is 6.01 Å². The van der Waals surface area contributed by atoms with Gasteiger partial charge in [0.1, 0.15) is 0 Å². The van der Waals surface area contributed by atoms with E-state index in [1.165, 1.54) is 18.2 Å². The van der Waals surface area contributed by atoms with Crippen LogP contribution in [0.4, 0.5) is 6.01 Å². The summed E-state index contributed by atoms with van der Waals surface area (Å²) >= 11 is 0. The normalized spacial score (nSPS) is 18.9. The molecule has 2 fully saturated rings. The van der Waals surface area contributed by atoms with Gasteiger partial charge in [0.2, 0.25) is 11.7 Å². The number of nitrogens with zero attached hydrogens (tertiary/aromatic N) is 6. The summed E-state index contributed by atoms with van der Waals surface area (Å²) < 4.78 is 10.4. The average molecular weight is 492 g/mol. The lowest BCUT2D eigenvalue weighted by atomic mass is 9.96. The quantitative estimate of drug-likeness (QED) is 0.509. The zero-order valence-electron chi connectivity index (χ0n) is 20.9. The third-order valence-corrected chi connectivity index (χ3v) is 7.08. The Kier molecular flexibility index (Phi) is 7.41. The number of anilines is 1. The minimum Gasteiger partial charge on any atom is -0.467 e. The van der Waals surface area contributed by atoms with Crippen molar-refractivity contribution in [1.82, 2.24) is 30.3 Å². The average Bonchev–Trinajstić information content (AvgIpc) is 3.59. The van der Waals surface area contributed by atoms with Gasteiger partial charge in [-0.3, -0.25) is 9.69 Å². The Labute approximate surface area is 211 Å². The highest BCUT2D eigenvalue weighted by Crippen LogP contribution is 2.25. The molecule has 0 spiro atoms. The number of rotatable bonds is 8. The van der Waals surface area contributed by atoms with Crippen molar-refractivity contribution >= 4 is 11.9 Å². The Bertz CT molecular complexity index is 1140. The summed E-state index contributed by atoms with van der Waals surface area (Å²) in [5, 5.41) is 7.27. The Hall–Kier alpha value is -3.53. The second-order valence-electron chi connectivity index (χ2n) is 9.74. The molecule has 3 aromatic rings. The van der Waals surface area contributed by atoms with Crippen LogP contribution in [0.3, 0.4) is 0 Å². The topological polar surface area (TPSA) is 110 Å². The zero-order valence-corrected chi connectivity index (χ0v) is 20.9. The maximum Gasteiger partial charge on any atom is 0.324 e. The molecule has 2 aliphatic rings. The first-order valence-electron chi connectivity index (χ1n) is 12.6. The maximum atomic E-state index is 12.8. The van der Waals surface area contributed by atoms with E-state index in [0.717, 1.165) is 45.4 Å². The van der Waals surface area contributed by atoms with Crippen molar-refractivity contribution < 1.29 is 14.1 Å². The summed E-state index contributed by atoms with van der Waals surface area (Å²) in [6.45, 7) is 7.36. The molecule has 2 aliphatic heterocycles. The number of amides is 1. The first-order valence-corrected chi connectivity index (χ1v) is 12.6. The Morgan fingerprint density at radius 1 is 1.11 bits per heavy atom. The van der Waals surface area contributed by atoms with Crippen molar-refractivity contribution in [3.63, 3.8) is 0 Å². The second kappa shape index (κ2) is 11.0. The molecule has 5 rings (SSSR count). The number of hydrogen-bond acceptors (Lipinski definition) is 9. The van der Waals surface area contributed by atoms with Gasteiger partial charge in [-0.2, -0.15) is 4.98 Å². The summed E-state index contributed by atoms with van der Waals surface area (Å²) in [5.41, 5.74) is 3.30. The molecule has 1 amide bonds. The lowest BCUT2D eigenvalue weighted by molar-refractivity contribution is -0.125. The minimum atomic E-state index is 0.0173. The molecular weight excluding hydrogens is 458 g/mol. The molecule has 1 unspecified atom stereocenters. The van der Waals surface area contributed by atoms with Gasteiger partial charge in [-0.1, -0.05) is 35.0 Å². The highest BCUT2D eigenvalue weighted by molar-refractivity contribution is 5.79. The molecule has 0 bridgehead atoms. The van der Waals surface area contributed by atoms with Crippen LogP contribution in [0.25, 0.3) is 11.4 Å². The van der Waals surface area contributed by atoms with Gasteiger partial charge in [-0.05, 0) is 44.2 Å². The fourth-order valence-corrected chi connectivity index (χ4v) is 4.90. The van der Waals surface area contributed by atoms with Gasteiger partial charge in [-0.25, -0.2) is 9.97 Å². The Balaban J connectivity index is 1.04. The number of hydrogen-bond donors (Lipinski definition) is 1. The van der Waals surface area contributed by atoms with E-state index in [1.54, 1.807) is 12.4 Å². The van der Waals surface area contributed by atoms with Crippen molar-refractivity contribution in [2.45, 2.75) is 32.7 Å². The van der Waals surface area contributed by atoms with Crippen molar-refractivity contribution in [2.24, 2.45) is 11.8 Å². The summed E-state index contributed by atoms with van der Waals surface area (Å²) in [5.74, 6) is 1.12. The van der Waals surface area contributed by atoms with E-state index in [9.17, 15) is 4.79 Å². The van der Waals surface area contributed by atoms with Crippen LogP contribution in [0, 0.1) is 18.8 Å². The standard InChI is InChI=1S/C26H33N7O3/c1-18-3-5-19(6-4-18)16-32-10-7-20(17-32)13-27-24(34)21-8-11-33(12-9-21)26-30-23(31-36-26)22-14-28-25(35-2)29-15-22/h3-6,14-15,20-21H,7-13,16-17H2,1-2H3,(H,27,34). The lowest BCUT2D eigenvalue weighted by Crippen LogP contribution is -2.42. The van der Waals surface area contributed by atoms with Crippen LogP contribution in [0.15, 0.2) is 41.2 Å². The zero-order chi connectivity index (χ0) is 24.9. The van der Waals surface area contributed by atoms with E-state index in [0.29, 0.717) is 36.4 Å². The molecule has 1 N–H and O–H groups in total.